The molecular weight excluding hydrogens is 274 g/mol. The zero-order valence-corrected chi connectivity index (χ0v) is 11.2. The SMILES string of the molecule is CC(=O)[N+](=O)[C@H]1[C@H]([C@H](O)[C@H](O)CO)O[C@@](C)(O)C[C@@H]1O. The second kappa shape index (κ2) is 6.20. The zero-order valence-electron chi connectivity index (χ0n) is 11.2. The highest BCUT2D eigenvalue weighted by molar-refractivity contribution is 5.63. The van der Waals surface area contributed by atoms with Crippen molar-refractivity contribution in [1.82, 2.24) is 0 Å². The van der Waals surface area contributed by atoms with Crippen LogP contribution in [-0.4, -0.2) is 79.1 Å². The molecule has 116 valence electrons. The molecule has 0 aromatic rings. The molecule has 0 bridgehead atoms. The Labute approximate surface area is 115 Å². The smallest absolute Gasteiger partial charge is 0.394 e. The van der Waals surface area contributed by atoms with Gasteiger partial charge in [-0.15, -0.1) is 0 Å². The molecule has 0 spiro atoms. The Morgan fingerprint density at radius 1 is 1.50 bits per heavy atom. The van der Waals surface area contributed by atoms with Crippen LogP contribution in [0.15, 0.2) is 0 Å². The van der Waals surface area contributed by atoms with Gasteiger partial charge < -0.3 is 30.3 Å². The summed E-state index contributed by atoms with van der Waals surface area (Å²) in [5.41, 5.74) is 0. The largest absolute Gasteiger partial charge is 0.430 e. The molecule has 1 heterocycles. The van der Waals surface area contributed by atoms with Crippen molar-refractivity contribution in [1.29, 1.82) is 0 Å². The molecule has 1 aliphatic rings. The third-order valence-corrected chi connectivity index (χ3v) is 3.21. The number of amides is 1. The van der Waals surface area contributed by atoms with Gasteiger partial charge in [0.25, 0.3) is 6.04 Å². The van der Waals surface area contributed by atoms with Gasteiger partial charge in [-0.05, 0) is 6.92 Å². The van der Waals surface area contributed by atoms with Gasteiger partial charge in [-0.1, -0.05) is 0 Å². The molecule has 9 heteroatoms. The highest BCUT2D eigenvalue weighted by atomic mass is 16.6. The number of hydrogen-bond acceptors (Lipinski definition) is 8. The summed E-state index contributed by atoms with van der Waals surface area (Å²) in [4.78, 5) is 22.9. The van der Waals surface area contributed by atoms with E-state index in [0.29, 0.717) is 0 Å². The maximum absolute atomic E-state index is 11.7. The third-order valence-electron chi connectivity index (χ3n) is 3.21. The molecule has 9 nitrogen and oxygen atoms in total. The van der Waals surface area contributed by atoms with Crippen LogP contribution in [0.25, 0.3) is 0 Å². The van der Waals surface area contributed by atoms with Crippen molar-refractivity contribution in [2.45, 2.75) is 56.5 Å². The average Bonchev–Trinajstić information content (AvgIpc) is 2.34. The van der Waals surface area contributed by atoms with Crippen molar-refractivity contribution >= 4 is 5.91 Å². The van der Waals surface area contributed by atoms with Crippen LogP contribution in [0.1, 0.15) is 20.3 Å². The molecule has 1 amide bonds. The first kappa shape index (κ1) is 17.1. The molecule has 1 saturated heterocycles. The van der Waals surface area contributed by atoms with Crippen LogP contribution in [0.2, 0.25) is 0 Å². The fourth-order valence-electron chi connectivity index (χ4n) is 2.24. The number of carbonyl (C=O) groups excluding carboxylic acids is 1. The number of nitrogens with zero attached hydrogens (tertiary/aromatic N) is 1. The Morgan fingerprint density at radius 2 is 2.05 bits per heavy atom. The molecule has 0 unspecified atom stereocenters. The molecule has 0 aliphatic carbocycles. The molecule has 5 N–H and O–H groups in total. The second-order valence-electron chi connectivity index (χ2n) is 5.10. The lowest BCUT2D eigenvalue weighted by molar-refractivity contribution is -0.550. The molecule has 0 aromatic heterocycles. The first-order valence-electron chi connectivity index (χ1n) is 6.13. The quantitative estimate of drug-likeness (QED) is 0.351. The Bertz CT molecular complexity index is 385. The van der Waals surface area contributed by atoms with Crippen LogP contribution in [0.5, 0.6) is 0 Å². The third kappa shape index (κ3) is 3.57. The number of aliphatic hydroxyl groups excluding tert-OH is 4. The van der Waals surface area contributed by atoms with E-state index in [9.17, 15) is 30.1 Å². The van der Waals surface area contributed by atoms with E-state index in [1.807, 2.05) is 0 Å². The predicted molar refractivity (Wildman–Crippen MR) is 63.3 cm³/mol. The topological polar surface area (TPSA) is 148 Å². The fourth-order valence-corrected chi connectivity index (χ4v) is 2.24. The molecule has 0 radical (unpaired) electrons. The molecule has 0 aromatic carbocycles. The maximum atomic E-state index is 11.7. The number of nitroso groups, excluding NO2 is 1. The Hall–Kier alpha value is -0.970. The Balaban J connectivity index is 3.09. The standard InChI is InChI=1S/C11H20NO8/c1-5(14)12(19)8-6(15)3-11(2,18)20-10(8)9(17)7(16)4-13/h6-10,13,15-18H,3-4H2,1-2H3/q+1/t6-,7+,8+,9+,10+,11+/m0/s1. The molecular formula is C11H20NO8+. The van der Waals surface area contributed by atoms with Gasteiger partial charge in [0.05, 0.1) is 18.3 Å². The summed E-state index contributed by atoms with van der Waals surface area (Å²) in [6.45, 7) is 1.36. The van der Waals surface area contributed by atoms with Crippen molar-refractivity contribution in [3.05, 3.63) is 4.91 Å². The minimum absolute atomic E-state index is 0.0715. The molecule has 1 rings (SSSR count). The van der Waals surface area contributed by atoms with Crippen molar-refractivity contribution < 1.29 is 39.8 Å². The number of ether oxygens (including phenoxy) is 1. The predicted octanol–water partition coefficient (Wildman–Crippen LogP) is -2.75. The van der Waals surface area contributed by atoms with Gasteiger partial charge in [0, 0.05) is 11.3 Å². The van der Waals surface area contributed by atoms with Gasteiger partial charge >= 0.3 is 5.91 Å². The van der Waals surface area contributed by atoms with Crippen LogP contribution in [0.3, 0.4) is 0 Å². The van der Waals surface area contributed by atoms with Gasteiger partial charge in [-0.25, -0.2) is 4.79 Å². The van der Waals surface area contributed by atoms with Crippen LogP contribution < -0.4 is 0 Å². The zero-order chi connectivity index (χ0) is 15.7. The number of aliphatic hydroxyl groups is 5. The van der Waals surface area contributed by atoms with E-state index in [1.165, 1.54) is 6.92 Å². The number of carbonyl (C=O) groups is 1. The molecule has 1 aliphatic heterocycles. The first-order chi connectivity index (χ1) is 9.10. The Morgan fingerprint density at radius 3 is 2.50 bits per heavy atom. The maximum Gasteiger partial charge on any atom is 0.430 e. The number of hydrogen-bond donors (Lipinski definition) is 5. The molecule has 6 atom stereocenters. The van der Waals surface area contributed by atoms with E-state index in [2.05, 4.69) is 0 Å². The van der Waals surface area contributed by atoms with Crippen LogP contribution in [-0.2, 0) is 9.53 Å². The molecule has 0 saturated carbocycles. The van der Waals surface area contributed by atoms with E-state index < -0.39 is 48.8 Å². The number of rotatable bonds is 4. The van der Waals surface area contributed by atoms with Gasteiger partial charge in [0.2, 0.25) is 0 Å². The molecule has 20 heavy (non-hydrogen) atoms. The lowest BCUT2D eigenvalue weighted by Gasteiger charge is -2.40. The Kier molecular flexibility index (Phi) is 5.30. The van der Waals surface area contributed by atoms with Gasteiger partial charge in [0.15, 0.2) is 11.9 Å². The summed E-state index contributed by atoms with van der Waals surface area (Å²) in [5, 5.41) is 47.8. The van der Waals surface area contributed by atoms with E-state index >= 15 is 0 Å². The van der Waals surface area contributed by atoms with Gasteiger partial charge in [0.1, 0.15) is 18.3 Å². The van der Waals surface area contributed by atoms with Gasteiger partial charge in [-0.2, -0.15) is 0 Å². The summed E-state index contributed by atoms with van der Waals surface area (Å²) in [6.07, 6.45) is -6.75. The minimum atomic E-state index is -1.84. The van der Waals surface area contributed by atoms with Crippen LogP contribution in [0.4, 0.5) is 0 Å². The average molecular weight is 294 g/mol. The monoisotopic (exact) mass is 294 g/mol. The molecule has 1 fully saturated rings. The fraction of sp³-hybridized carbons (Fsp3) is 0.909. The summed E-state index contributed by atoms with van der Waals surface area (Å²) in [6, 6.07) is -1.50. The summed E-state index contributed by atoms with van der Waals surface area (Å²) >= 11 is 0. The lowest BCUT2D eigenvalue weighted by Crippen LogP contribution is -2.63. The minimum Gasteiger partial charge on any atom is -0.394 e. The first-order valence-corrected chi connectivity index (χ1v) is 6.13. The summed E-state index contributed by atoms with van der Waals surface area (Å²) < 4.78 is 5.02. The highest BCUT2D eigenvalue weighted by Crippen LogP contribution is 2.31. The summed E-state index contributed by atoms with van der Waals surface area (Å²) in [5.74, 6) is -2.76. The summed E-state index contributed by atoms with van der Waals surface area (Å²) in [7, 11) is 0. The highest BCUT2D eigenvalue weighted by Gasteiger charge is 2.56. The van der Waals surface area contributed by atoms with Crippen LogP contribution >= 0.6 is 0 Å². The van der Waals surface area contributed by atoms with Crippen molar-refractivity contribution in [3.8, 4) is 0 Å². The normalized spacial score (nSPS) is 37.2. The van der Waals surface area contributed by atoms with Crippen LogP contribution in [0, 0.1) is 4.91 Å². The van der Waals surface area contributed by atoms with Crippen molar-refractivity contribution in [3.63, 3.8) is 0 Å². The van der Waals surface area contributed by atoms with Crippen molar-refractivity contribution in [2.75, 3.05) is 6.61 Å². The second-order valence-corrected chi connectivity index (χ2v) is 5.10. The van der Waals surface area contributed by atoms with E-state index in [-0.39, 0.29) is 11.2 Å². The van der Waals surface area contributed by atoms with E-state index in [0.717, 1.165) is 6.92 Å². The lowest BCUT2D eigenvalue weighted by atomic mass is 9.89. The van der Waals surface area contributed by atoms with E-state index in [1.54, 1.807) is 0 Å². The van der Waals surface area contributed by atoms with Gasteiger partial charge in [-0.3, -0.25) is 0 Å². The van der Waals surface area contributed by atoms with Crippen molar-refractivity contribution in [2.24, 2.45) is 0 Å². The van der Waals surface area contributed by atoms with E-state index in [4.69, 9.17) is 9.84 Å².